The van der Waals surface area contributed by atoms with Gasteiger partial charge in [-0.1, -0.05) is 90.4 Å². The fourth-order valence-corrected chi connectivity index (χ4v) is 2.75. The summed E-state index contributed by atoms with van der Waals surface area (Å²) in [5.41, 5.74) is 5.57. The third-order valence-corrected chi connectivity index (χ3v) is 4.38. The molecule has 3 N–H and O–H groups in total. The van der Waals surface area contributed by atoms with Crippen LogP contribution in [-0.4, -0.2) is 19.1 Å². The van der Waals surface area contributed by atoms with Crippen LogP contribution in [0.5, 0.6) is 0 Å². The van der Waals surface area contributed by atoms with E-state index < -0.39 is 0 Å². The molecule has 136 valence electrons. The van der Waals surface area contributed by atoms with Crippen LogP contribution < -0.4 is 11.1 Å². The smallest absolute Gasteiger partial charge is 0.0161 e. The Hall–Kier alpha value is 0.210. The Bertz CT molecular complexity index is 188. The van der Waals surface area contributed by atoms with E-state index in [0.717, 1.165) is 13.1 Å². The summed E-state index contributed by atoms with van der Waals surface area (Å²) in [6.07, 6.45) is 20.0. The normalized spacial score (nSPS) is 12.1. The summed E-state index contributed by atoms with van der Waals surface area (Å²) in [6.45, 7) is 6.33. The molecule has 0 saturated heterocycles. The van der Waals surface area contributed by atoms with Gasteiger partial charge >= 0.3 is 0 Å². The molecule has 22 heavy (non-hydrogen) atoms. The molecule has 0 aromatic rings. The maximum atomic E-state index is 5.57. The quantitative estimate of drug-likeness (QED) is 0.328. The second kappa shape index (κ2) is 21.2. The van der Waals surface area contributed by atoms with Crippen molar-refractivity contribution in [3.05, 3.63) is 0 Å². The molecule has 0 aliphatic carbocycles. The van der Waals surface area contributed by atoms with E-state index in [1.54, 1.807) is 0 Å². The molecule has 0 aliphatic heterocycles. The van der Waals surface area contributed by atoms with Gasteiger partial charge in [0.25, 0.3) is 0 Å². The highest BCUT2D eigenvalue weighted by Gasteiger charge is 1.97. The van der Waals surface area contributed by atoms with E-state index >= 15 is 0 Å². The lowest BCUT2D eigenvalue weighted by Gasteiger charge is -2.10. The van der Waals surface area contributed by atoms with Gasteiger partial charge in [0.15, 0.2) is 0 Å². The van der Waals surface area contributed by atoms with Crippen molar-refractivity contribution in [3.8, 4) is 0 Å². The van der Waals surface area contributed by atoms with Crippen molar-refractivity contribution in [3.63, 3.8) is 0 Å². The zero-order valence-electron chi connectivity index (χ0n) is 15.4. The SMILES string of the molecule is CCCCCCCCCCCCCCCCNC(C)CN.Cl. The first-order chi connectivity index (χ1) is 10.3. The summed E-state index contributed by atoms with van der Waals surface area (Å²) in [5.74, 6) is 0. The van der Waals surface area contributed by atoms with Crippen LogP contribution in [0, 0.1) is 0 Å². The average molecular weight is 335 g/mol. The van der Waals surface area contributed by atoms with Crippen molar-refractivity contribution in [2.75, 3.05) is 13.1 Å². The Morgan fingerprint density at radius 2 is 1.05 bits per heavy atom. The summed E-state index contributed by atoms with van der Waals surface area (Å²) in [4.78, 5) is 0. The van der Waals surface area contributed by atoms with E-state index in [1.165, 1.54) is 89.9 Å². The maximum absolute atomic E-state index is 5.57. The molecule has 2 nitrogen and oxygen atoms in total. The molecule has 0 bridgehead atoms. The number of nitrogens with one attached hydrogen (secondary N) is 1. The van der Waals surface area contributed by atoms with E-state index in [9.17, 15) is 0 Å². The summed E-state index contributed by atoms with van der Waals surface area (Å²) in [7, 11) is 0. The summed E-state index contributed by atoms with van der Waals surface area (Å²) >= 11 is 0. The van der Waals surface area contributed by atoms with Crippen LogP contribution >= 0.6 is 12.4 Å². The maximum Gasteiger partial charge on any atom is 0.0161 e. The van der Waals surface area contributed by atoms with Gasteiger partial charge in [-0.25, -0.2) is 0 Å². The Balaban J connectivity index is 0. The first kappa shape index (κ1) is 24.5. The number of hydrogen-bond acceptors (Lipinski definition) is 2. The molecule has 0 aliphatic rings. The molecule has 0 saturated carbocycles. The summed E-state index contributed by atoms with van der Waals surface area (Å²) in [5, 5.41) is 3.45. The highest BCUT2D eigenvalue weighted by Crippen LogP contribution is 2.12. The molecular formula is C19H43ClN2. The molecule has 0 heterocycles. The number of hydrogen-bond donors (Lipinski definition) is 2. The van der Waals surface area contributed by atoms with Gasteiger partial charge in [-0.3, -0.25) is 0 Å². The van der Waals surface area contributed by atoms with Gasteiger partial charge in [0.1, 0.15) is 0 Å². The predicted octanol–water partition coefficient (Wildman–Crippen LogP) is 5.83. The van der Waals surface area contributed by atoms with Gasteiger partial charge in [-0.2, -0.15) is 0 Å². The molecule has 1 atom stereocenters. The number of nitrogens with two attached hydrogens (primary N) is 1. The Morgan fingerprint density at radius 3 is 1.41 bits per heavy atom. The lowest BCUT2D eigenvalue weighted by molar-refractivity contribution is 0.508. The van der Waals surface area contributed by atoms with E-state index in [2.05, 4.69) is 19.2 Å². The standard InChI is InChI=1S/C19H42N2.ClH/c1-3-4-5-6-7-8-9-10-11-12-13-14-15-16-17-21-19(2)18-20;/h19,21H,3-18,20H2,1-2H3;1H. The first-order valence-electron chi connectivity index (χ1n) is 9.74. The second-order valence-electron chi connectivity index (χ2n) is 6.69. The Kier molecular flexibility index (Phi) is 23.6. The van der Waals surface area contributed by atoms with Gasteiger partial charge in [0.05, 0.1) is 0 Å². The van der Waals surface area contributed by atoms with Crippen molar-refractivity contribution < 1.29 is 0 Å². The molecule has 0 amide bonds. The van der Waals surface area contributed by atoms with Crippen LogP contribution in [0.15, 0.2) is 0 Å². The first-order valence-corrected chi connectivity index (χ1v) is 9.74. The molecule has 1 unspecified atom stereocenters. The number of halogens is 1. The average Bonchev–Trinajstić information content (AvgIpc) is 2.50. The third kappa shape index (κ3) is 20.2. The Morgan fingerprint density at radius 1 is 0.682 bits per heavy atom. The monoisotopic (exact) mass is 334 g/mol. The topological polar surface area (TPSA) is 38.0 Å². The largest absolute Gasteiger partial charge is 0.329 e. The van der Waals surface area contributed by atoms with Crippen LogP contribution in [-0.2, 0) is 0 Å². The highest BCUT2D eigenvalue weighted by molar-refractivity contribution is 5.85. The van der Waals surface area contributed by atoms with E-state index in [-0.39, 0.29) is 12.4 Å². The van der Waals surface area contributed by atoms with Gasteiger partial charge in [-0.15, -0.1) is 12.4 Å². The van der Waals surface area contributed by atoms with E-state index in [1.807, 2.05) is 0 Å². The minimum atomic E-state index is 0. The third-order valence-electron chi connectivity index (χ3n) is 4.38. The molecule has 0 radical (unpaired) electrons. The van der Waals surface area contributed by atoms with Crippen LogP contribution in [0.1, 0.15) is 104 Å². The number of unbranched alkanes of at least 4 members (excludes halogenated alkanes) is 13. The lowest BCUT2D eigenvalue weighted by atomic mass is 10.0. The zero-order chi connectivity index (χ0) is 15.6. The van der Waals surface area contributed by atoms with Gasteiger partial charge in [0, 0.05) is 12.6 Å². The van der Waals surface area contributed by atoms with Crippen LogP contribution in [0.4, 0.5) is 0 Å². The van der Waals surface area contributed by atoms with Crippen molar-refractivity contribution in [2.24, 2.45) is 5.73 Å². The predicted molar refractivity (Wildman–Crippen MR) is 104 cm³/mol. The second-order valence-corrected chi connectivity index (χ2v) is 6.69. The molecule has 0 spiro atoms. The Labute approximate surface area is 146 Å². The van der Waals surface area contributed by atoms with Crippen molar-refractivity contribution in [1.82, 2.24) is 5.32 Å². The molecule has 3 heteroatoms. The zero-order valence-corrected chi connectivity index (χ0v) is 16.2. The minimum Gasteiger partial charge on any atom is -0.329 e. The fraction of sp³-hybridized carbons (Fsp3) is 1.00. The molecule has 0 aromatic carbocycles. The number of rotatable bonds is 17. The molecule has 0 fully saturated rings. The van der Waals surface area contributed by atoms with Gasteiger partial charge < -0.3 is 11.1 Å². The minimum absolute atomic E-state index is 0. The van der Waals surface area contributed by atoms with E-state index in [0.29, 0.717) is 6.04 Å². The van der Waals surface area contributed by atoms with Crippen molar-refractivity contribution in [1.29, 1.82) is 0 Å². The summed E-state index contributed by atoms with van der Waals surface area (Å²) < 4.78 is 0. The van der Waals surface area contributed by atoms with E-state index in [4.69, 9.17) is 5.73 Å². The van der Waals surface area contributed by atoms with Crippen LogP contribution in [0.25, 0.3) is 0 Å². The van der Waals surface area contributed by atoms with Gasteiger partial charge in [0.2, 0.25) is 0 Å². The summed E-state index contributed by atoms with van der Waals surface area (Å²) in [6, 6.07) is 0.479. The van der Waals surface area contributed by atoms with Crippen LogP contribution in [0.3, 0.4) is 0 Å². The van der Waals surface area contributed by atoms with Gasteiger partial charge in [-0.05, 0) is 19.9 Å². The van der Waals surface area contributed by atoms with Crippen LogP contribution in [0.2, 0.25) is 0 Å². The van der Waals surface area contributed by atoms with Crippen molar-refractivity contribution >= 4 is 12.4 Å². The molecule has 0 rings (SSSR count). The van der Waals surface area contributed by atoms with Crippen molar-refractivity contribution in [2.45, 2.75) is 110 Å². The lowest BCUT2D eigenvalue weighted by Crippen LogP contribution is -2.33. The molecular weight excluding hydrogens is 292 g/mol. The highest BCUT2D eigenvalue weighted by atomic mass is 35.5. The molecule has 0 aromatic heterocycles. The fourth-order valence-electron chi connectivity index (χ4n) is 2.75.